The lowest BCUT2D eigenvalue weighted by molar-refractivity contribution is -0.384. The van der Waals surface area contributed by atoms with E-state index < -0.39 is 35.0 Å². The molecule has 35 heteroatoms. The molecular weight excluding hydrogens is 2150 g/mol. The molecule has 13 heterocycles. The molecule has 25 rings (SSSR count). The zero-order valence-corrected chi connectivity index (χ0v) is 86.5. The van der Waals surface area contributed by atoms with E-state index in [1.165, 1.54) is 17.0 Å². The Hall–Kier alpha value is -14.2. The number of amides is 5. The van der Waals surface area contributed by atoms with Crippen molar-refractivity contribution in [1.29, 1.82) is 0 Å². The van der Waals surface area contributed by atoms with Gasteiger partial charge in [0.25, 0.3) is 35.2 Å². The van der Waals surface area contributed by atoms with Crippen LogP contribution in [0.15, 0.2) is 279 Å². The van der Waals surface area contributed by atoms with Crippen molar-refractivity contribution in [1.82, 2.24) is 44.4 Å². The number of nitro benzene ring substituents is 1. The fourth-order valence-corrected chi connectivity index (χ4v) is 24.4. The Morgan fingerprint density at radius 1 is 0.371 bits per heavy atom. The first kappa shape index (κ1) is 93.8. The minimum absolute atomic E-state index is 0.0122. The fraction of sp³-hybridized carbons (Fsp3) is 0.176. The first-order chi connectivity index (χ1) is 69.3. The Morgan fingerprint density at radius 2 is 0.699 bits per heavy atom. The molecule has 0 aliphatic carbocycles. The van der Waals surface area contributed by atoms with Crippen molar-refractivity contribution >= 4 is 229 Å². The van der Waals surface area contributed by atoms with Crippen LogP contribution >= 0.6 is 113 Å². The van der Waals surface area contributed by atoms with Crippen LogP contribution < -0.4 is 47.9 Å². The van der Waals surface area contributed by atoms with E-state index in [9.17, 15) is 34.1 Å². The number of rotatable bonds is 14. The number of halogens is 4. The zero-order valence-electron chi connectivity index (χ0n) is 76.9. The van der Waals surface area contributed by atoms with E-state index in [1.54, 1.807) is 81.7 Å². The van der Waals surface area contributed by atoms with Gasteiger partial charge >= 0.3 is 0 Å². The van der Waals surface area contributed by atoms with E-state index in [0.29, 0.717) is 69.5 Å². The van der Waals surface area contributed by atoms with Crippen LogP contribution in [0.1, 0.15) is 107 Å². The smallest absolute Gasteiger partial charge is 0.269 e. The number of thiocarbonyl (C=S) groups is 4. The normalized spacial score (nSPS) is 19.3. The molecule has 16 aromatic rings. The Morgan fingerprint density at radius 3 is 1.06 bits per heavy atom. The number of methoxy groups -OCH3 is 5. The number of nitrogens with zero attached hydrogens (tertiary/aromatic N) is 9. The number of non-ortho nitro benzene ring substituents is 1. The molecule has 4 saturated heterocycles. The number of imide groups is 1. The third kappa shape index (κ3) is 16.2. The molecule has 0 saturated carbocycles. The van der Waals surface area contributed by atoms with Gasteiger partial charge in [0.15, 0.2) is 31.9 Å². The Balaban J connectivity index is 0.000000109. The monoisotopic (exact) mass is 2230 g/mol. The number of fused-ring (bicyclic) bond motifs is 17. The molecule has 9 aliphatic heterocycles. The fourth-order valence-electron chi connectivity index (χ4n) is 21.3. The molecule has 4 aromatic heterocycles. The predicted octanol–water partition coefficient (Wildman–Crippen LogP) is 21.9. The number of hydrogen-bond donors (Lipinski definition) is 4. The molecule has 4 fully saturated rings. The average Bonchev–Trinajstić information content (AvgIpc) is 1.57. The second-order valence-electron chi connectivity index (χ2n) is 35.5. The maximum absolute atomic E-state index is 14.0. The molecule has 716 valence electrons. The summed E-state index contributed by atoms with van der Waals surface area (Å²) >= 11 is 38.1. The van der Waals surface area contributed by atoms with Crippen LogP contribution in [-0.4, -0.2) is 166 Å². The van der Waals surface area contributed by atoms with Gasteiger partial charge in [-0.3, -0.25) is 48.8 Å². The van der Waals surface area contributed by atoms with Gasteiger partial charge in [-0.1, -0.05) is 130 Å². The molecule has 0 bridgehead atoms. The third-order valence-corrected chi connectivity index (χ3v) is 31.5. The standard InChI is InChI=1S/C28H24BrN3O3S.C27H20BrN3O4S.C27H20BrN3O3S.C26H19BrN4O4S/c1-15-12-19(35-3)9-11-23(15)32-27(33)24-14-21-20-13-17(29)6-10-22(20)30-25(21)26(31(24)28(32)36)16-4-7-18(34-2)8-5-16;1-33-17-6-2-14(3-7-17)25-24-19(18-10-15(28)4-8-20(18)29-24)12-21-26(32)30(27(36)31(21)25)16-5-9-22-23(11-16)35-13-34-22;1-34-18-10-7-15(8-11-18)24-23-20(19-13-17(28)9-12-21(19)29-23)14-22-26(33)31(27(35)30(22)24)25(32)16-5-3-2-4-6-16;1-35-18-9-2-14(3-10-18)24-23-20(19-12-15(27)4-11-21(19)28-23)13-22-25(32)29(26(36)30(22)24)16-5-7-17(8-6-16)31(33)34/h4-13,24,26,30H,14H2,1-3H3;2-11,21,25,29H,12-13H2,1H3;2-13,22,24,29H,14H2,1H3;2-12,22,24,28H,13H2,1H3. The number of carbonyl (C=O) groups excluding carboxylic acids is 5. The van der Waals surface area contributed by atoms with Crippen LogP contribution in [0.4, 0.5) is 22.7 Å². The molecule has 5 amide bonds. The SMILES string of the molecule is COc1ccc(C2c3[nH]c4ccc(Br)cc4c3CC3C(=O)N(C(=O)c4ccccc4)C(=S)N32)cc1.COc1ccc(C2c3[nH]c4ccc(Br)cc4c3CC3C(=O)N(c4ccc(OC)cc4C)C(=S)N32)cc1.COc1ccc(C2c3[nH]c4ccc(Br)cc4c3CC3C(=O)N(c4ccc([N+](=O)[O-])cc4)C(=S)N32)cc1.COc1ccc(C2c3[nH]c4ccc(Br)cc4c3CC3C(=O)N(c4ccc5c(c4)OCO5)C(=S)N32)cc1. The zero-order chi connectivity index (χ0) is 99.1. The summed E-state index contributed by atoms with van der Waals surface area (Å²) in [5, 5.41) is 17.0. The van der Waals surface area contributed by atoms with Crippen molar-refractivity contribution in [3.05, 3.63) is 367 Å². The lowest BCUT2D eigenvalue weighted by Crippen LogP contribution is -2.44. The van der Waals surface area contributed by atoms with Gasteiger partial charge in [-0.2, -0.15) is 0 Å². The van der Waals surface area contributed by atoms with E-state index >= 15 is 0 Å². The van der Waals surface area contributed by atoms with Crippen molar-refractivity contribution in [2.75, 3.05) is 57.0 Å². The molecular formula is C108H83Br4N13O14S4. The largest absolute Gasteiger partial charge is 0.497 e. The van der Waals surface area contributed by atoms with Crippen molar-refractivity contribution in [3.63, 3.8) is 0 Å². The van der Waals surface area contributed by atoms with Crippen LogP contribution in [-0.2, 0) is 44.9 Å². The molecule has 8 atom stereocenters. The molecule has 12 aromatic carbocycles. The first-order valence-corrected chi connectivity index (χ1v) is 50.4. The van der Waals surface area contributed by atoms with Crippen LogP contribution in [0.2, 0.25) is 0 Å². The summed E-state index contributed by atoms with van der Waals surface area (Å²) in [6, 6.07) is 78.8. The number of benzene rings is 12. The van der Waals surface area contributed by atoms with E-state index in [4.69, 9.17) is 82.0 Å². The Bertz CT molecular complexity index is 8010. The number of aromatic amines is 4. The highest BCUT2D eigenvalue weighted by Crippen LogP contribution is 2.53. The minimum Gasteiger partial charge on any atom is -0.497 e. The summed E-state index contributed by atoms with van der Waals surface area (Å²) in [7, 11) is 8.19. The summed E-state index contributed by atoms with van der Waals surface area (Å²) in [6.45, 7) is 2.14. The highest BCUT2D eigenvalue weighted by Gasteiger charge is 2.57. The summed E-state index contributed by atoms with van der Waals surface area (Å²) in [5.41, 5.74) is 19.8. The van der Waals surface area contributed by atoms with Crippen LogP contribution in [0.3, 0.4) is 0 Å². The molecule has 8 unspecified atom stereocenters. The summed E-state index contributed by atoms with van der Waals surface area (Å²) in [5.74, 6) is 4.14. The molecule has 143 heavy (non-hydrogen) atoms. The first-order valence-electron chi connectivity index (χ1n) is 45.6. The van der Waals surface area contributed by atoms with Gasteiger partial charge < -0.3 is 72.7 Å². The average molecular weight is 2230 g/mol. The highest BCUT2D eigenvalue weighted by molar-refractivity contribution is 9.11. The van der Waals surface area contributed by atoms with Crippen LogP contribution in [0.5, 0.6) is 40.2 Å². The van der Waals surface area contributed by atoms with E-state index in [-0.39, 0.29) is 65.4 Å². The van der Waals surface area contributed by atoms with Gasteiger partial charge in [0.1, 0.15) is 52.9 Å². The lowest BCUT2D eigenvalue weighted by atomic mass is 9.89. The Labute approximate surface area is 873 Å². The summed E-state index contributed by atoms with van der Waals surface area (Å²) in [6.07, 6.45) is 2.07. The maximum atomic E-state index is 14.0. The number of aromatic nitrogens is 4. The van der Waals surface area contributed by atoms with E-state index in [1.807, 2.05) is 193 Å². The number of carbonyl (C=O) groups is 5. The highest BCUT2D eigenvalue weighted by atomic mass is 79.9. The van der Waals surface area contributed by atoms with Crippen LogP contribution in [0, 0.1) is 17.0 Å². The predicted molar refractivity (Wildman–Crippen MR) is 575 cm³/mol. The van der Waals surface area contributed by atoms with Gasteiger partial charge in [-0.15, -0.1) is 0 Å². The van der Waals surface area contributed by atoms with Crippen molar-refractivity contribution < 1.29 is 62.1 Å². The van der Waals surface area contributed by atoms with Crippen molar-refractivity contribution in [2.24, 2.45) is 0 Å². The molecule has 9 aliphatic rings. The summed E-state index contributed by atoms with van der Waals surface area (Å²) < 4.78 is 41.8. The quantitative estimate of drug-likeness (QED) is 0.0341. The van der Waals surface area contributed by atoms with Gasteiger partial charge in [-0.25, -0.2) is 4.90 Å². The number of ether oxygens (including phenoxy) is 7. The molecule has 4 N–H and O–H groups in total. The van der Waals surface area contributed by atoms with Gasteiger partial charge in [0.2, 0.25) is 6.79 Å². The maximum Gasteiger partial charge on any atom is 0.269 e. The minimum atomic E-state index is -0.576. The van der Waals surface area contributed by atoms with Crippen molar-refractivity contribution in [3.8, 4) is 40.2 Å². The number of nitro groups is 1. The molecule has 0 radical (unpaired) electrons. The number of nitrogens with one attached hydrogen (secondary N) is 4. The second kappa shape index (κ2) is 37.6. The Kier molecular flexibility index (Phi) is 24.7. The second-order valence-corrected chi connectivity index (χ2v) is 40.6. The topological polar surface area (TPSA) is 282 Å². The molecule has 0 spiro atoms. The number of hydrogen-bond acceptors (Lipinski definition) is 18. The lowest BCUT2D eigenvalue weighted by Gasteiger charge is -2.37. The third-order valence-electron chi connectivity index (χ3n) is 27.9. The number of anilines is 3. The van der Waals surface area contributed by atoms with E-state index in [2.05, 4.69) is 130 Å². The van der Waals surface area contributed by atoms with Crippen molar-refractivity contribution in [2.45, 2.75) is 80.9 Å². The van der Waals surface area contributed by atoms with Gasteiger partial charge in [-0.05, 0) is 282 Å². The number of H-pyrrole nitrogens is 4. The van der Waals surface area contributed by atoms with Crippen LogP contribution in [0.25, 0.3) is 43.6 Å². The van der Waals surface area contributed by atoms with E-state index in [0.717, 1.165) is 174 Å². The molecule has 27 nitrogen and oxygen atoms in total. The van der Waals surface area contributed by atoms with Gasteiger partial charge in [0, 0.05) is 134 Å². The summed E-state index contributed by atoms with van der Waals surface area (Å²) in [4.78, 5) is 108. The van der Waals surface area contributed by atoms with Gasteiger partial charge in [0.05, 0.1) is 81.7 Å². The number of aryl methyl sites for hydroxylation is 1.